The van der Waals surface area contributed by atoms with Crippen LogP contribution in [0.1, 0.15) is 44.9 Å². The maximum atomic E-state index is 6.01. The Morgan fingerprint density at radius 2 is 1.88 bits per heavy atom. The van der Waals surface area contributed by atoms with E-state index in [0.29, 0.717) is 6.04 Å². The molecule has 1 atom stereocenters. The van der Waals surface area contributed by atoms with Crippen molar-refractivity contribution < 1.29 is 0 Å². The van der Waals surface area contributed by atoms with Gasteiger partial charge in [0.05, 0.1) is 0 Å². The lowest BCUT2D eigenvalue weighted by atomic mass is 9.91. The third kappa shape index (κ3) is 5.62. The molecule has 0 amide bonds. The van der Waals surface area contributed by atoms with Gasteiger partial charge in [0.25, 0.3) is 0 Å². The lowest BCUT2D eigenvalue weighted by Crippen LogP contribution is -2.44. The second kappa shape index (κ2) is 9.23. The molecule has 0 aromatic rings. The van der Waals surface area contributed by atoms with Crippen LogP contribution < -0.4 is 5.73 Å². The summed E-state index contributed by atoms with van der Waals surface area (Å²) in [6.45, 7) is 2.04. The van der Waals surface area contributed by atoms with Crippen LogP contribution in [0.15, 0.2) is 0 Å². The normalized spacial score (nSPS) is 20.5. The Bertz CT molecular complexity index is 179. The predicted molar refractivity (Wildman–Crippen MR) is 79.7 cm³/mol. The van der Waals surface area contributed by atoms with Crippen molar-refractivity contribution in [2.75, 3.05) is 32.1 Å². The highest BCUT2D eigenvalue weighted by Gasteiger charge is 2.24. The first kappa shape index (κ1) is 15.3. The van der Waals surface area contributed by atoms with E-state index in [-0.39, 0.29) is 0 Å². The van der Waals surface area contributed by atoms with Gasteiger partial charge in [-0.1, -0.05) is 25.7 Å². The molecule has 1 saturated carbocycles. The molecule has 1 rings (SSSR count). The Morgan fingerprint density at radius 3 is 2.41 bits per heavy atom. The average Bonchev–Trinajstić information content (AvgIpc) is 2.59. The van der Waals surface area contributed by atoms with Crippen LogP contribution in [0.4, 0.5) is 0 Å². The summed E-state index contributed by atoms with van der Waals surface area (Å²) in [5, 5.41) is 0. The van der Waals surface area contributed by atoms with E-state index < -0.39 is 0 Å². The van der Waals surface area contributed by atoms with Gasteiger partial charge in [0.1, 0.15) is 0 Å². The van der Waals surface area contributed by atoms with Crippen molar-refractivity contribution in [2.45, 2.75) is 51.0 Å². The van der Waals surface area contributed by atoms with Crippen LogP contribution in [-0.4, -0.2) is 43.1 Å². The number of nitrogens with zero attached hydrogens (tertiary/aromatic N) is 1. The summed E-state index contributed by atoms with van der Waals surface area (Å²) in [5.41, 5.74) is 6.01. The Hall–Kier alpha value is 0.270. The molecule has 2 N–H and O–H groups in total. The van der Waals surface area contributed by atoms with Crippen LogP contribution in [0.25, 0.3) is 0 Å². The molecular formula is C14H30N2S. The van der Waals surface area contributed by atoms with E-state index in [1.165, 1.54) is 57.2 Å². The zero-order valence-corrected chi connectivity index (χ0v) is 12.5. The van der Waals surface area contributed by atoms with Crippen molar-refractivity contribution in [1.29, 1.82) is 0 Å². The highest BCUT2D eigenvalue weighted by Crippen LogP contribution is 2.27. The molecule has 102 valence electrons. The van der Waals surface area contributed by atoms with Gasteiger partial charge in [0, 0.05) is 12.6 Å². The fourth-order valence-corrected chi connectivity index (χ4v) is 3.47. The minimum absolute atomic E-state index is 0.620. The molecule has 1 aliphatic carbocycles. The van der Waals surface area contributed by atoms with Crippen molar-refractivity contribution in [3.63, 3.8) is 0 Å². The highest BCUT2D eigenvalue weighted by molar-refractivity contribution is 7.98. The second-order valence-corrected chi connectivity index (χ2v) is 6.37. The molecule has 0 heterocycles. The Balaban J connectivity index is 2.38. The molecule has 1 unspecified atom stereocenters. The van der Waals surface area contributed by atoms with Gasteiger partial charge >= 0.3 is 0 Å². The minimum Gasteiger partial charge on any atom is -0.329 e. The molecule has 3 heteroatoms. The van der Waals surface area contributed by atoms with Crippen molar-refractivity contribution in [3.8, 4) is 0 Å². The highest BCUT2D eigenvalue weighted by atomic mass is 32.2. The topological polar surface area (TPSA) is 29.3 Å². The lowest BCUT2D eigenvalue weighted by Gasteiger charge is -2.33. The molecule has 2 nitrogen and oxygen atoms in total. The van der Waals surface area contributed by atoms with Gasteiger partial charge < -0.3 is 10.6 Å². The maximum absolute atomic E-state index is 6.01. The summed E-state index contributed by atoms with van der Waals surface area (Å²) < 4.78 is 0. The molecule has 0 aliphatic heterocycles. The van der Waals surface area contributed by atoms with Gasteiger partial charge in [-0.3, -0.25) is 0 Å². The number of nitrogens with two attached hydrogens (primary N) is 1. The van der Waals surface area contributed by atoms with Crippen LogP contribution in [0, 0.1) is 5.92 Å². The molecule has 0 saturated heterocycles. The van der Waals surface area contributed by atoms with E-state index in [1.54, 1.807) is 0 Å². The van der Waals surface area contributed by atoms with Crippen LogP contribution >= 0.6 is 11.8 Å². The molecule has 0 bridgehead atoms. The number of hydrogen-bond donors (Lipinski definition) is 1. The SMILES string of the molecule is CSCCCN(C)C(CN)C1CCCCCC1. The van der Waals surface area contributed by atoms with E-state index >= 15 is 0 Å². The van der Waals surface area contributed by atoms with Crippen molar-refractivity contribution in [1.82, 2.24) is 4.90 Å². The number of hydrogen-bond acceptors (Lipinski definition) is 3. The van der Waals surface area contributed by atoms with Gasteiger partial charge in [-0.25, -0.2) is 0 Å². The molecule has 17 heavy (non-hydrogen) atoms. The summed E-state index contributed by atoms with van der Waals surface area (Å²) in [6.07, 6.45) is 12.0. The largest absolute Gasteiger partial charge is 0.329 e. The van der Waals surface area contributed by atoms with Gasteiger partial charge in [-0.15, -0.1) is 0 Å². The summed E-state index contributed by atoms with van der Waals surface area (Å²) in [5.74, 6) is 2.12. The Kier molecular flexibility index (Phi) is 8.33. The lowest BCUT2D eigenvalue weighted by molar-refractivity contribution is 0.167. The summed E-state index contributed by atoms with van der Waals surface area (Å²) in [7, 11) is 2.27. The van der Waals surface area contributed by atoms with Crippen molar-refractivity contribution in [3.05, 3.63) is 0 Å². The van der Waals surface area contributed by atoms with Crippen molar-refractivity contribution in [2.24, 2.45) is 11.7 Å². The third-order valence-corrected chi connectivity index (χ3v) is 4.81. The summed E-state index contributed by atoms with van der Waals surface area (Å²) >= 11 is 1.94. The zero-order chi connectivity index (χ0) is 12.5. The van der Waals surface area contributed by atoms with E-state index in [1.807, 2.05) is 11.8 Å². The fourth-order valence-electron chi connectivity index (χ4n) is 3.05. The van der Waals surface area contributed by atoms with Gasteiger partial charge in [-0.2, -0.15) is 11.8 Å². The van der Waals surface area contributed by atoms with E-state index in [0.717, 1.165) is 12.5 Å². The van der Waals surface area contributed by atoms with Crippen LogP contribution in [0.2, 0.25) is 0 Å². The monoisotopic (exact) mass is 258 g/mol. The standard InChI is InChI=1S/C14H30N2S/c1-16(10-7-11-17-2)14(12-15)13-8-5-3-4-6-9-13/h13-14H,3-12,15H2,1-2H3. The quantitative estimate of drug-likeness (QED) is 0.562. The molecule has 0 aromatic carbocycles. The maximum Gasteiger partial charge on any atom is 0.0243 e. The second-order valence-electron chi connectivity index (χ2n) is 5.38. The zero-order valence-electron chi connectivity index (χ0n) is 11.7. The van der Waals surface area contributed by atoms with Crippen molar-refractivity contribution >= 4 is 11.8 Å². The van der Waals surface area contributed by atoms with Crippen LogP contribution in [0.3, 0.4) is 0 Å². The molecule has 0 spiro atoms. The first-order valence-electron chi connectivity index (χ1n) is 7.18. The van der Waals surface area contributed by atoms with Crippen LogP contribution in [0.5, 0.6) is 0 Å². The molecule has 0 aromatic heterocycles. The fraction of sp³-hybridized carbons (Fsp3) is 1.00. The number of likely N-dealkylation sites (N-methyl/N-ethyl adjacent to an activating group) is 1. The molecule has 1 fully saturated rings. The van der Waals surface area contributed by atoms with Gasteiger partial charge in [0.2, 0.25) is 0 Å². The van der Waals surface area contributed by atoms with E-state index in [2.05, 4.69) is 18.2 Å². The Morgan fingerprint density at radius 1 is 1.24 bits per heavy atom. The third-order valence-electron chi connectivity index (χ3n) is 4.11. The molecule has 1 aliphatic rings. The number of rotatable bonds is 7. The minimum atomic E-state index is 0.620. The summed E-state index contributed by atoms with van der Waals surface area (Å²) in [4.78, 5) is 2.52. The van der Waals surface area contributed by atoms with Crippen LogP contribution in [-0.2, 0) is 0 Å². The molecule has 0 radical (unpaired) electrons. The first-order valence-corrected chi connectivity index (χ1v) is 8.58. The first-order chi connectivity index (χ1) is 8.29. The smallest absolute Gasteiger partial charge is 0.0243 e. The number of thioether (sulfide) groups is 1. The molecular weight excluding hydrogens is 228 g/mol. The van der Waals surface area contributed by atoms with Gasteiger partial charge in [0.15, 0.2) is 0 Å². The predicted octanol–water partition coefficient (Wildman–Crippen LogP) is 2.97. The Labute approximate surface area is 112 Å². The van der Waals surface area contributed by atoms with E-state index in [4.69, 9.17) is 5.73 Å². The van der Waals surface area contributed by atoms with Gasteiger partial charge in [-0.05, 0) is 50.8 Å². The summed E-state index contributed by atoms with van der Waals surface area (Å²) in [6, 6.07) is 0.620. The average molecular weight is 258 g/mol. The van der Waals surface area contributed by atoms with E-state index in [9.17, 15) is 0 Å².